The van der Waals surface area contributed by atoms with Gasteiger partial charge in [-0.15, -0.1) is 0 Å². The summed E-state index contributed by atoms with van der Waals surface area (Å²) in [5.74, 6) is -1.79. The molecule has 1 rings (SSSR count). The second-order valence-corrected chi connectivity index (χ2v) is 5.38. The average molecular weight is 290 g/mol. The molecule has 17 heavy (non-hydrogen) atoms. The number of benzene rings is 1. The first-order valence-corrected chi connectivity index (χ1v) is 6.16. The third kappa shape index (κ3) is 2.86. The first-order valence-electron chi connectivity index (χ1n) is 3.85. The minimum absolute atomic E-state index is 0.256. The third-order valence-electron chi connectivity index (χ3n) is 1.76. The molecule has 0 spiro atoms. The lowest BCUT2D eigenvalue weighted by Crippen LogP contribution is -2.03. The highest BCUT2D eigenvalue weighted by molar-refractivity contribution is 8.13. The Morgan fingerprint density at radius 2 is 1.88 bits per heavy atom. The Kier molecular flexibility index (Phi) is 3.62. The van der Waals surface area contributed by atoms with Crippen molar-refractivity contribution in [3.63, 3.8) is 0 Å². The topological polar surface area (TPSA) is 77.3 Å². The Balaban J connectivity index is 3.67. The van der Waals surface area contributed by atoms with Crippen LogP contribution in [0.3, 0.4) is 0 Å². The van der Waals surface area contributed by atoms with Gasteiger partial charge >= 0.3 is 0 Å². The van der Waals surface area contributed by atoms with E-state index >= 15 is 0 Å². The lowest BCUT2D eigenvalue weighted by molar-refractivity contribution is -0.385. The summed E-state index contributed by atoms with van der Waals surface area (Å²) in [5.41, 5.74) is -2.38. The van der Waals surface area contributed by atoms with Gasteiger partial charge in [0.15, 0.2) is 5.82 Å². The molecule has 94 valence electrons. The lowest BCUT2D eigenvalue weighted by atomic mass is 10.2. The van der Waals surface area contributed by atoms with Crippen LogP contribution in [0.5, 0.6) is 0 Å². The molecular formula is C7H3ClF3NO4S. The van der Waals surface area contributed by atoms with Gasteiger partial charge in [0.1, 0.15) is 4.90 Å². The van der Waals surface area contributed by atoms with Gasteiger partial charge in [0, 0.05) is 22.8 Å². The molecule has 0 amide bonds. The Bertz CT molecular complexity index is 575. The Hall–Kier alpha value is -1.35. The van der Waals surface area contributed by atoms with E-state index in [2.05, 4.69) is 0 Å². The minimum atomic E-state index is -4.69. The second kappa shape index (κ2) is 4.49. The molecule has 1 aromatic carbocycles. The first kappa shape index (κ1) is 13.7. The van der Waals surface area contributed by atoms with Crippen molar-refractivity contribution in [3.8, 4) is 0 Å². The van der Waals surface area contributed by atoms with Gasteiger partial charge in [0.05, 0.1) is 10.5 Å². The molecule has 0 aliphatic heterocycles. The van der Waals surface area contributed by atoms with Crippen LogP contribution in [0, 0.1) is 15.9 Å². The fourth-order valence-corrected chi connectivity index (χ4v) is 1.98. The predicted molar refractivity (Wildman–Crippen MR) is 51.1 cm³/mol. The number of hydrogen-bond acceptors (Lipinski definition) is 4. The summed E-state index contributed by atoms with van der Waals surface area (Å²) < 4.78 is 59.7. The van der Waals surface area contributed by atoms with E-state index in [4.69, 9.17) is 10.7 Å². The third-order valence-corrected chi connectivity index (χ3v) is 3.08. The van der Waals surface area contributed by atoms with Crippen LogP contribution in [0.2, 0.25) is 0 Å². The van der Waals surface area contributed by atoms with Gasteiger partial charge in [0.25, 0.3) is 21.2 Å². The van der Waals surface area contributed by atoms with E-state index in [1.54, 1.807) is 0 Å². The van der Waals surface area contributed by atoms with E-state index in [-0.39, 0.29) is 12.1 Å². The Morgan fingerprint density at radius 1 is 1.35 bits per heavy atom. The van der Waals surface area contributed by atoms with Crippen LogP contribution in [0.25, 0.3) is 0 Å². The van der Waals surface area contributed by atoms with Gasteiger partial charge in [0.2, 0.25) is 0 Å². The maximum Gasteiger partial charge on any atom is 0.271 e. The van der Waals surface area contributed by atoms with E-state index in [9.17, 15) is 31.7 Å². The van der Waals surface area contributed by atoms with Gasteiger partial charge in [-0.05, 0) is 0 Å². The summed E-state index contributed by atoms with van der Waals surface area (Å²) in [6, 6.07) is 0.537. The van der Waals surface area contributed by atoms with E-state index in [1.807, 2.05) is 0 Å². The molecule has 10 heteroatoms. The van der Waals surface area contributed by atoms with Crippen LogP contribution in [0.15, 0.2) is 17.0 Å². The fourth-order valence-electron chi connectivity index (χ4n) is 1.05. The molecule has 0 N–H and O–H groups in total. The van der Waals surface area contributed by atoms with Gasteiger partial charge < -0.3 is 0 Å². The molecule has 0 aromatic heterocycles. The molecule has 0 radical (unpaired) electrons. The molecule has 0 fully saturated rings. The number of alkyl halides is 2. The van der Waals surface area contributed by atoms with Gasteiger partial charge in [-0.25, -0.2) is 21.6 Å². The molecule has 0 bridgehead atoms. The zero-order valence-electron chi connectivity index (χ0n) is 7.73. The zero-order chi connectivity index (χ0) is 13.4. The highest BCUT2D eigenvalue weighted by Crippen LogP contribution is 2.32. The second-order valence-electron chi connectivity index (χ2n) is 2.84. The van der Waals surface area contributed by atoms with E-state index < -0.39 is 42.4 Å². The van der Waals surface area contributed by atoms with Gasteiger partial charge in [-0.1, -0.05) is 0 Å². The standard InChI is InChI=1S/C7H3ClF3NO4S/c8-17(15,16)5-2-3(12(13)14)1-4(6(5)9)7(10)11/h1-2,7H. The van der Waals surface area contributed by atoms with Crippen LogP contribution in [0.4, 0.5) is 18.9 Å². The summed E-state index contributed by atoms with van der Waals surface area (Å²) in [5, 5.41) is 10.4. The van der Waals surface area contributed by atoms with Crippen molar-refractivity contribution in [2.75, 3.05) is 0 Å². The quantitative estimate of drug-likeness (QED) is 0.487. The number of non-ortho nitro benzene ring substituents is 1. The number of hydrogen-bond donors (Lipinski definition) is 0. The van der Waals surface area contributed by atoms with E-state index in [0.29, 0.717) is 0 Å². The van der Waals surface area contributed by atoms with E-state index in [1.165, 1.54) is 0 Å². The lowest BCUT2D eigenvalue weighted by Gasteiger charge is -2.05. The fraction of sp³-hybridized carbons (Fsp3) is 0.143. The summed E-state index contributed by atoms with van der Waals surface area (Å²) in [6.07, 6.45) is -3.40. The smallest absolute Gasteiger partial charge is 0.258 e. The van der Waals surface area contributed by atoms with Crippen LogP contribution in [0.1, 0.15) is 12.0 Å². The SMILES string of the molecule is O=[N+]([O-])c1cc(C(F)F)c(F)c(S(=O)(=O)Cl)c1. The van der Waals surface area contributed by atoms with Crippen molar-refractivity contribution in [3.05, 3.63) is 33.6 Å². The molecule has 0 heterocycles. The molecule has 0 atom stereocenters. The molecular weight excluding hydrogens is 287 g/mol. The van der Waals surface area contributed by atoms with Crippen LogP contribution in [-0.4, -0.2) is 13.3 Å². The summed E-state index contributed by atoms with van der Waals surface area (Å²) in [7, 11) is 0.0958. The summed E-state index contributed by atoms with van der Waals surface area (Å²) >= 11 is 0. The highest BCUT2D eigenvalue weighted by atomic mass is 35.7. The van der Waals surface area contributed by atoms with Crippen LogP contribution >= 0.6 is 10.7 Å². The number of nitro groups is 1. The largest absolute Gasteiger partial charge is 0.271 e. The number of nitro benzene ring substituents is 1. The molecule has 0 saturated carbocycles. The normalized spacial score (nSPS) is 11.8. The van der Waals surface area contributed by atoms with Crippen LogP contribution < -0.4 is 0 Å². The zero-order valence-corrected chi connectivity index (χ0v) is 9.30. The molecule has 0 aliphatic rings. The predicted octanol–water partition coefficient (Wildman–Crippen LogP) is 2.60. The highest BCUT2D eigenvalue weighted by Gasteiger charge is 2.27. The molecule has 5 nitrogen and oxygen atoms in total. The van der Waals surface area contributed by atoms with Gasteiger partial charge in [-0.3, -0.25) is 10.1 Å². The Labute approximate surface area is 97.4 Å². The van der Waals surface area contributed by atoms with Crippen molar-refractivity contribution in [2.24, 2.45) is 0 Å². The Morgan fingerprint density at radius 3 is 2.24 bits per heavy atom. The monoisotopic (exact) mass is 289 g/mol. The van der Waals surface area contributed by atoms with Crippen molar-refractivity contribution in [1.29, 1.82) is 0 Å². The summed E-state index contributed by atoms with van der Waals surface area (Å²) in [6.45, 7) is 0. The molecule has 0 saturated heterocycles. The molecule has 0 aliphatic carbocycles. The van der Waals surface area contributed by atoms with Crippen LogP contribution in [-0.2, 0) is 9.05 Å². The molecule has 0 unspecified atom stereocenters. The summed E-state index contributed by atoms with van der Waals surface area (Å²) in [4.78, 5) is 7.89. The maximum absolute atomic E-state index is 13.3. The first-order chi connectivity index (χ1) is 7.64. The van der Waals surface area contributed by atoms with E-state index in [0.717, 1.165) is 0 Å². The molecule has 1 aromatic rings. The average Bonchev–Trinajstić information content (AvgIpc) is 2.15. The van der Waals surface area contributed by atoms with Crippen molar-refractivity contribution in [1.82, 2.24) is 0 Å². The van der Waals surface area contributed by atoms with Gasteiger partial charge in [-0.2, -0.15) is 0 Å². The number of rotatable bonds is 3. The maximum atomic E-state index is 13.3. The van der Waals surface area contributed by atoms with Crippen molar-refractivity contribution in [2.45, 2.75) is 11.3 Å². The number of nitrogens with zero attached hydrogens (tertiary/aromatic N) is 1. The number of halogens is 4. The minimum Gasteiger partial charge on any atom is -0.258 e. The van der Waals surface area contributed by atoms with Crippen molar-refractivity contribution >= 4 is 25.4 Å². The van der Waals surface area contributed by atoms with Crippen molar-refractivity contribution < 1.29 is 26.5 Å².